The molecule has 0 atom stereocenters. The fourth-order valence-corrected chi connectivity index (χ4v) is 8.08. The van der Waals surface area contributed by atoms with Crippen LogP contribution in [0.3, 0.4) is 0 Å². The van der Waals surface area contributed by atoms with Gasteiger partial charge in [0.25, 0.3) is 11.8 Å². The number of hydrogen-bond donors (Lipinski definition) is 2. The van der Waals surface area contributed by atoms with Gasteiger partial charge in [0.15, 0.2) is 0 Å². The molecule has 6 rings (SSSR count). The molecule has 14 nitrogen and oxygen atoms in total. The molecule has 0 saturated carbocycles. The van der Waals surface area contributed by atoms with E-state index < -0.39 is 46.6 Å². The maximum Gasteiger partial charge on any atom is 0.433 e. The second kappa shape index (κ2) is 17.7. The Bertz CT molecular complexity index is 2410. The van der Waals surface area contributed by atoms with Crippen molar-refractivity contribution in [3.05, 3.63) is 105 Å². The summed E-state index contributed by atoms with van der Waals surface area (Å²) in [5, 5.41) is 15.2. The zero-order chi connectivity index (χ0) is 45.3. The summed E-state index contributed by atoms with van der Waals surface area (Å²) in [6.45, 7) is 17.1. The fourth-order valence-electron chi connectivity index (χ4n) is 8.08. The van der Waals surface area contributed by atoms with Crippen LogP contribution in [0.4, 0.5) is 13.2 Å². The summed E-state index contributed by atoms with van der Waals surface area (Å²) in [5.74, 6) is -2.23. The van der Waals surface area contributed by atoms with E-state index in [2.05, 4.69) is 37.3 Å². The molecule has 4 aromatic heterocycles. The number of halogens is 3. The maximum atomic E-state index is 14.3. The zero-order valence-corrected chi connectivity index (χ0v) is 36.5. The number of hydrogen-bond acceptors (Lipinski definition) is 10. The Morgan fingerprint density at radius 3 is 1.73 bits per heavy atom. The Balaban J connectivity index is 1.23. The molecule has 0 aromatic carbocycles. The largest absolute Gasteiger partial charge is 0.459 e. The van der Waals surface area contributed by atoms with Crippen molar-refractivity contribution in [2.75, 3.05) is 13.1 Å². The van der Waals surface area contributed by atoms with Gasteiger partial charge in [-0.25, -0.2) is 9.59 Å². The minimum absolute atomic E-state index is 0.0376. The van der Waals surface area contributed by atoms with Gasteiger partial charge < -0.3 is 19.3 Å². The number of aromatic nitrogens is 6. The monoisotopic (exact) mass is 858 g/mol. The van der Waals surface area contributed by atoms with Crippen molar-refractivity contribution in [3.63, 3.8) is 0 Å². The van der Waals surface area contributed by atoms with Crippen LogP contribution in [-0.4, -0.2) is 89.2 Å². The molecule has 0 unspecified atom stereocenters. The first kappa shape index (κ1) is 45.4. The molecule has 0 aliphatic carbocycles. The molecule has 2 aliphatic heterocycles. The quantitative estimate of drug-likeness (QED) is 0.136. The molecule has 4 aromatic rings. The average molecular weight is 859 g/mol. The van der Waals surface area contributed by atoms with Crippen molar-refractivity contribution in [1.29, 1.82) is 0 Å². The van der Waals surface area contributed by atoms with Crippen LogP contribution in [0, 0.1) is 0 Å². The zero-order valence-electron chi connectivity index (χ0n) is 36.5. The van der Waals surface area contributed by atoms with E-state index in [9.17, 15) is 32.3 Å². The molecular weight excluding hydrogens is 806 g/mol. The van der Waals surface area contributed by atoms with Gasteiger partial charge in [0.05, 0.1) is 40.5 Å². The summed E-state index contributed by atoms with van der Waals surface area (Å²) in [5.41, 5.74) is 2.66. The first-order chi connectivity index (χ1) is 29.1. The number of rotatable bonds is 12. The number of pyridine rings is 2. The summed E-state index contributed by atoms with van der Waals surface area (Å²) in [6.07, 6.45) is 2.77. The Hall–Kier alpha value is -6.13. The third-order valence-electron chi connectivity index (χ3n) is 10.6. The highest BCUT2D eigenvalue weighted by atomic mass is 19.4. The van der Waals surface area contributed by atoms with Crippen molar-refractivity contribution in [2.45, 2.75) is 124 Å². The number of esters is 2. The number of ether oxygens (including phenoxy) is 2. The topological polar surface area (TPSA) is 176 Å². The van der Waals surface area contributed by atoms with Crippen LogP contribution < -0.4 is 0 Å². The third kappa shape index (κ3) is 9.66. The van der Waals surface area contributed by atoms with E-state index in [-0.39, 0.29) is 41.8 Å². The highest BCUT2D eigenvalue weighted by Gasteiger charge is 2.41. The number of carbonyl (C=O) groups is 4. The Morgan fingerprint density at radius 1 is 0.742 bits per heavy atom. The molecule has 2 N–H and O–H groups in total. The molecule has 330 valence electrons. The van der Waals surface area contributed by atoms with Crippen LogP contribution in [0.1, 0.15) is 141 Å². The normalized spacial score (nSPS) is 15.9. The Labute approximate surface area is 358 Å². The first-order valence-corrected chi connectivity index (χ1v) is 20.7. The van der Waals surface area contributed by atoms with Crippen LogP contribution in [0.5, 0.6) is 0 Å². The number of H-pyrrole nitrogens is 2. The van der Waals surface area contributed by atoms with E-state index in [1.165, 1.54) is 11.1 Å². The van der Waals surface area contributed by atoms with Crippen molar-refractivity contribution in [1.82, 2.24) is 40.2 Å². The molecular formula is C45H53F3N8O6. The van der Waals surface area contributed by atoms with Gasteiger partial charge in [-0.2, -0.15) is 23.4 Å². The summed E-state index contributed by atoms with van der Waals surface area (Å²) in [7, 11) is 0. The lowest BCUT2D eigenvalue weighted by Gasteiger charge is -2.30. The average Bonchev–Trinajstić information content (AvgIpc) is 3.76. The van der Waals surface area contributed by atoms with E-state index in [0.717, 1.165) is 36.0 Å². The van der Waals surface area contributed by atoms with Crippen molar-refractivity contribution >= 4 is 34.9 Å². The van der Waals surface area contributed by atoms with Gasteiger partial charge in [-0.05, 0) is 77.6 Å². The van der Waals surface area contributed by atoms with Gasteiger partial charge in [0.1, 0.15) is 16.8 Å². The molecule has 2 aliphatic rings. The van der Waals surface area contributed by atoms with E-state index in [4.69, 9.17) is 9.47 Å². The highest BCUT2D eigenvalue weighted by molar-refractivity contribution is 6.18. The van der Waals surface area contributed by atoms with E-state index in [1.54, 1.807) is 57.1 Å². The lowest BCUT2D eigenvalue weighted by atomic mass is 9.81. The van der Waals surface area contributed by atoms with Crippen LogP contribution in [0.2, 0.25) is 0 Å². The molecule has 0 bridgehead atoms. The number of alkyl halides is 3. The molecule has 17 heteroatoms. The number of aryl methyl sites for hydroxylation is 3. The highest BCUT2D eigenvalue weighted by Crippen LogP contribution is 2.40. The summed E-state index contributed by atoms with van der Waals surface area (Å²) >= 11 is 0. The predicted octanol–water partition coefficient (Wildman–Crippen LogP) is 7.52. The molecule has 62 heavy (non-hydrogen) atoms. The molecule has 0 fully saturated rings. The number of nitrogens with one attached hydrogen (secondary N) is 2. The minimum Gasteiger partial charge on any atom is -0.459 e. The minimum atomic E-state index is -4.68. The molecule has 6 heterocycles. The third-order valence-corrected chi connectivity index (χ3v) is 10.6. The maximum absolute atomic E-state index is 14.3. The summed E-state index contributed by atoms with van der Waals surface area (Å²) in [6, 6.07) is 5.18. The lowest BCUT2D eigenvalue weighted by Crippen LogP contribution is -2.37. The first-order valence-electron chi connectivity index (χ1n) is 20.7. The van der Waals surface area contributed by atoms with Gasteiger partial charge in [-0.3, -0.25) is 29.8 Å². The second-order valence-electron chi connectivity index (χ2n) is 17.5. The molecule has 2 amide bonds. The van der Waals surface area contributed by atoms with E-state index in [0.29, 0.717) is 59.6 Å². The molecule has 0 spiro atoms. The molecule has 0 saturated heterocycles. The fraction of sp³-hybridized carbons (Fsp3) is 0.467. The summed E-state index contributed by atoms with van der Waals surface area (Å²) in [4.78, 5) is 66.0. The number of fused-ring (bicyclic) bond motifs is 2. The van der Waals surface area contributed by atoms with Gasteiger partial charge >= 0.3 is 18.1 Å². The van der Waals surface area contributed by atoms with E-state index >= 15 is 0 Å². The lowest BCUT2D eigenvalue weighted by molar-refractivity contribution is -0.141. The number of amides is 2. The van der Waals surface area contributed by atoms with Gasteiger partial charge in [-0.15, -0.1) is 0 Å². The van der Waals surface area contributed by atoms with Crippen molar-refractivity contribution in [2.24, 2.45) is 0 Å². The van der Waals surface area contributed by atoms with Crippen LogP contribution in [-0.2, 0) is 55.3 Å². The van der Waals surface area contributed by atoms with Gasteiger partial charge in [0.2, 0.25) is 0 Å². The van der Waals surface area contributed by atoms with Crippen LogP contribution >= 0.6 is 0 Å². The number of carbonyl (C=O) groups excluding carboxylic acids is 4. The van der Waals surface area contributed by atoms with Crippen molar-refractivity contribution < 1.29 is 41.8 Å². The van der Waals surface area contributed by atoms with E-state index in [1.807, 2.05) is 27.7 Å². The van der Waals surface area contributed by atoms with Crippen LogP contribution in [0.25, 0.3) is 11.1 Å². The number of aromatic amines is 2. The Kier molecular flexibility index (Phi) is 13.0. The second-order valence-corrected chi connectivity index (χ2v) is 17.5. The summed E-state index contributed by atoms with van der Waals surface area (Å²) < 4.78 is 50.9. The smallest absolute Gasteiger partial charge is 0.433 e. The Morgan fingerprint density at radius 2 is 1.26 bits per heavy atom. The molecule has 0 radical (unpaired) electrons. The van der Waals surface area contributed by atoms with Crippen molar-refractivity contribution in [3.8, 4) is 0 Å². The van der Waals surface area contributed by atoms with Gasteiger partial charge in [0, 0.05) is 71.1 Å². The van der Waals surface area contributed by atoms with Gasteiger partial charge in [-0.1, -0.05) is 41.0 Å². The van der Waals surface area contributed by atoms with Crippen LogP contribution in [0.15, 0.2) is 49.1 Å². The SMILES string of the molecule is CCCc1n[nH]c2c1C(C)(C)CN(C(=O)c1ccnc(CCCc3n[nH]c4c3C(C)(C)CN(C(=O)c3ccc(C(F)(F)F)nc3)C=C4C(=O)OC(C)C)c1)C=C2C(=O)OC(C)C. The predicted molar refractivity (Wildman–Crippen MR) is 223 cm³/mol. The number of nitrogens with zero attached hydrogens (tertiary/aromatic N) is 6. The standard InChI is InChI=1S/C45H53F3N8O6/c1-10-12-32-35-37(53-51-32)30(41(59)61-25(2)3)21-55(23-43(35,6)7)39(57)27-17-18-49-29(19-27)13-11-14-33-36-38(54-52-33)31(42(60)62-26(4)5)22-56(24-44(36,8)9)40(58)28-15-16-34(50-20-28)45(46,47)48/h15-22,25-26H,10-14,23-24H2,1-9H3,(H,51,53)(H,52,54).